The second kappa shape index (κ2) is 14.3. The van der Waals surface area contributed by atoms with E-state index < -0.39 is 17.9 Å². The highest BCUT2D eigenvalue weighted by Gasteiger charge is 2.39. The van der Waals surface area contributed by atoms with Crippen molar-refractivity contribution in [1.29, 1.82) is 0 Å². The van der Waals surface area contributed by atoms with Crippen LogP contribution in [0.2, 0.25) is 0 Å². The van der Waals surface area contributed by atoms with E-state index >= 15 is 0 Å². The second-order valence-electron chi connectivity index (χ2n) is 13.4. The standard InChI is InChI=1S/C37H44N4O4S/c1-3-31-16-17-33(46-31)35(42)40-32(36(43)41-21-30(22-41)37(44)45)18-24-6-10-28(11-7-24)34-38-19-29(20-39-34)27-14-12-26(13-15-27)25-8-4-23(2)5-9-25/h6-7,10-11,14,16-17,19-20,23,25-26,30,32H,3-5,8-9,12-13,15,18,21-22H2,1-2H3,(H,40,42)(H,44,45)/t23?,25?,26?,32-/m0/s1. The average molecular weight is 641 g/mol. The summed E-state index contributed by atoms with van der Waals surface area (Å²) in [4.78, 5) is 50.3. The number of carbonyl (C=O) groups is 3. The number of benzene rings is 1. The summed E-state index contributed by atoms with van der Waals surface area (Å²) in [5.41, 5.74) is 4.21. The molecular formula is C37H44N4O4S. The summed E-state index contributed by atoms with van der Waals surface area (Å²) in [6, 6.07) is 10.7. The first-order chi connectivity index (χ1) is 22.3. The molecule has 1 aromatic carbocycles. The molecule has 2 amide bonds. The number of nitrogens with zero attached hydrogens (tertiary/aromatic N) is 3. The molecule has 1 aliphatic heterocycles. The molecule has 0 bridgehead atoms. The fourth-order valence-electron chi connectivity index (χ4n) is 7.13. The number of nitrogens with one attached hydrogen (secondary N) is 1. The van der Waals surface area contributed by atoms with E-state index in [4.69, 9.17) is 0 Å². The summed E-state index contributed by atoms with van der Waals surface area (Å²) in [5, 5.41) is 12.2. The van der Waals surface area contributed by atoms with Gasteiger partial charge >= 0.3 is 5.97 Å². The minimum atomic E-state index is -0.908. The van der Waals surface area contributed by atoms with Crippen LogP contribution in [0.4, 0.5) is 0 Å². The van der Waals surface area contributed by atoms with Crippen LogP contribution in [-0.2, 0) is 22.4 Å². The van der Waals surface area contributed by atoms with E-state index in [0.717, 1.165) is 58.6 Å². The number of likely N-dealkylation sites (tertiary alicyclic amines) is 1. The van der Waals surface area contributed by atoms with Gasteiger partial charge in [0.2, 0.25) is 5.91 Å². The Morgan fingerprint density at radius 1 is 0.957 bits per heavy atom. The molecule has 2 fully saturated rings. The van der Waals surface area contributed by atoms with Crippen LogP contribution in [0.25, 0.3) is 17.0 Å². The first kappa shape index (κ1) is 32.1. The minimum Gasteiger partial charge on any atom is -0.481 e. The van der Waals surface area contributed by atoms with Gasteiger partial charge in [-0.1, -0.05) is 57.0 Å². The Morgan fingerprint density at radius 3 is 2.28 bits per heavy atom. The molecule has 1 saturated heterocycles. The van der Waals surface area contributed by atoms with E-state index in [1.54, 1.807) is 6.07 Å². The molecule has 2 atom stereocenters. The Labute approximate surface area is 275 Å². The molecule has 2 N–H and O–H groups in total. The summed E-state index contributed by atoms with van der Waals surface area (Å²) < 4.78 is 0. The average Bonchev–Trinajstić information content (AvgIpc) is 3.54. The third-order valence-corrected chi connectivity index (χ3v) is 11.5. The third-order valence-electron chi connectivity index (χ3n) is 10.2. The molecule has 3 heterocycles. The van der Waals surface area contributed by atoms with E-state index in [1.165, 1.54) is 53.9 Å². The Morgan fingerprint density at radius 2 is 1.67 bits per heavy atom. The SMILES string of the molecule is CCc1ccc(C(=O)N[C@@H](Cc2ccc(-c3ncc(C4=CCC(C5CCC(C)CC5)CC4)cn3)cc2)C(=O)N2CC(C(=O)O)C2)s1. The van der Waals surface area contributed by atoms with E-state index in [9.17, 15) is 19.5 Å². The van der Waals surface area contributed by atoms with Gasteiger partial charge in [0.15, 0.2) is 5.82 Å². The number of hydrogen-bond acceptors (Lipinski definition) is 6. The lowest BCUT2D eigenvalue weighted by atomic mass is 9.71. The molecule has 1 saturated carbocycles. The lowest BCUT2D eigenvalue weighted by Crippen LogP contribution is -2.59. The van der Waals surface area contributed by atoms with Crippen LogP contribution >= 0.6 is 11.3 Å². The number of aromatic nitrogens is 2. The normalized spacial score (nSPS) is 22.4. The van der Waals surface area contributed by atoms with Crippen molar-refractivity contribution in [2.75, 3.05) is 13.1 Å². The topological polar surface area (TPSA) is 112 Å². The van der Waals surface area contributed by atoms with Crippen LogP contribution in [0.3, 0.4) is 0 Å². The zero-order valence-electron chi connectivity index (χ0n) is 26.8. The van der Waals surface area contributed by atoms with Gasteiger partial charge in [0.05, 0.1) is 10.8 Å². The smallest absolute Gasteiger partial charge is 0.310 e. The van der Waals surface area contributed by atoms with E-state index in [-0.39, 0.29) is 24.9 Å². The van der Waals surface area contributed by atoms with Crippen molar-refractivity contribution in [3.63, 3.8) is 0 Å². The van der Waals surface area contributed by atoms with Crippen molar-refractivity contribution >= 4 is 34.7 Å². The van der Waals surface area contributed by atoms with Gasteiger partial charge in [-0.2, -0.15) is 0 Å². The lowest BCUT2D eigenvalue weighted by Gasteiger charge is -2.38. The second-order valence-corrected chi connectivity index (χ2v) is 14.6. The molecular weight excluding hydrogens is 596 g/mol. The first-order valence-corrected chi connectivity index (χ1v) is 17.6. The maximum absolute atomic E-state index is 13.4. The number of amides is 2. The van der Waals surface area contributed by atoms with Gasteiger partial charge in [0.25, 0.3) is 5.91 Å². The molecule has 6 rings (SSSR count). The maximum Gasteiger partial charge on any atom is 0.310 e. The van der Waals surface area contributed by atoms with Crippen molar-refractivity contribution in [1.82, 2.24) is 20.2 Å². The fraction of sp³-hybridized carbons (Fsp3) is 0.486. The number of carboxylic acids is 1. The molecule has 9 heteroatoms. The number of allylic oxidation sites excluding steroid dienone is 2. The van der Waals surface area contributed by atoms with Crippen molar-refractivity contribution in [2.24, 2.45) is 23.7 Å². The molecule has 0 spiro atoms. The predicted octanol–water partition coefficient (Wildman–Crippen LogP) is 6.66. The number of hydrogen-bond donors (Lipinski definition) is 2. The van der Waals surface area contributed by atoms with Crippen molar-refractivity contribution in [3.05, 3.63) is 75.7 Å². The highest BCUT2D eigenvalue weighted by Crippen LogP contribution is 2.41. The van der Waals surface area contributed by atoms with Crippen LogP contribution in [-0.4, -0.2) is 56.9 Å². The monoisotopic (exact) mass is 640 g/mol. The summed E-state index contributed by atoms with van der Waals surface area (Å²) in [7, 11) is 0. The molecule has 2 aliphatic carbocycles. The number of aryl methyl sites for hydroxylation is 1. The number of aliphatic carboxylic acids is 1. The summed E-state index contributed by atoms with van der Waals surface area (Å²) >= 11 is 1.42. The minimum absolute atomic E-state index is 0.156. The number of carbonyl (C=O) groups excluding carboxylic acids is 2. The third kappa shape index (κ3) is 7.41. The van der Waals surface area contributed by atoms with E-state index in [2.05, 4.69) is 28.3 Å². The zero-order valence-corrected chi connectivity index (χ0v) is 27.6. The predicted molar refractivity (Wildman–Crippen MR) is 180 cm³/mol. The van der Waals surface area contributed by atoms with Gasteiger partial charge in [0.1, 0.15) is 6.04 Å². The molecule has 1 unspecified atom stereocenters. The highest BCUT2D eigenvalue weighted by atomic mass is 32.1. The van der Waals surface area contributed by atoms with Crippen LogP contribution in [0.1, 0.15) is 84.5 Å². The van der Waals surface area contributed by atoms with E-state index in [1.807, 2.05) is 49.6 Å². The lowest BCUT2D eigenvalue weighted by molar-refractivity contribution is -0.153. The molecule has 46 heavy (non-hydrogen) atoms. The Kier molecular flexibility index (Phi) is 9.97. The van der Waals surface area contributed by atoms with Gasteiger partial charge in [0, 0.05) is 47.9 Å². The van der Waals surface area contributed by atoms with Crippen molar-refractivity contribution in [3.8, 4) is 11.4 Å². The molecule has 3 aliphatic rings. The number of thiophene rings is 1. The van der Waals surface area contributed by atoms with E-state index in [0.29, 0.717) is 17.1 Å². The van der Waals surface area contributed by atoms with Crippen LogP contribution in [0, 0.1) is 23.7 Å². The molecule has 3 aromatic rings. The Hall–Kier alpha value is -3.85. The van der Waals surface area contributed by atoms with Crippen molar-refractivity contribution < 1.29 is 19.5 Å². The zero-order chi connectivity index (χ0) is 32.2. The van der Waals surface area contributed by atoms with Crippen LogP contribution < -0.4 is 5.32 Å². The summed E-state index contributed by atoms with van der Waals surface area (Å²) in [5.74, 6) is 1.20. The Balaban J connectivity index is 1.09. The summed E-state index contributed by atoms with van der Waals surface area (Å²) in [6.45, 7) is 4.73. The van der Waals surface area contributed by atoms with Gasteiger partial charge in [-0.25, -0.2) is 9.97 Å². The molecule has 2 aromatic heterocycles. The highest BCUT2D eigenvalue weighted by molar-refractivity contribution is 7.14. The van der Waals surface area contributed by atoms with Gasteiger partial charge < -0.3 is 15.3 Å². The number of rotatable bonds is 10. The van der Waals surface area contributed by atoms with Crippen LogP contribution in [0.15, 0.2) is 54.9 Å². The largest absolute Gasteiger partial charge is 0.481 e. The fourth-order valence-corrected chi connectivity index (χ4v) is 7.98. The van der Waals surface area contributed by atoms with Gasteiger partial charge in [-0.15, -0.1) is 11.3 Å². The van der Waals surface area contributed by atoms with Crippen LogP contribution in [0.5, 0.6) is 0 Å². The van der Waals surface area contributed by atoms with Gasteiger partial charge in [-0.3, -0.25) is 14.4 Å². The van der Waals surface area contributed by atoms with Crippen molar-refractivity contribution in [2.45, 2.75) is 77.7 Å². The maximum atomic E-state index is 13.4. The number of carboxylic acid groups (broad SMARTS) is 1. The van der Waals surface area contributed by atoms with Gasteiger partial charge in [-0.05, 0) is 79.5 Å². The molecule has 242 valence electrons. The molecule has 0 radical (unpaired) electrons. The Bertz CT molecular complexity index is 1570. The summed E-state index contributed by atoms with van der Waals surface area (Å²) in [6.07, 6.45) is 16.4. The first-order valence-electron chi connectivity index (χ1n) is 16.8. The quantitative estimate of drug-likeness (QED) is 0.256. The molecule has 8 nitrogen and oxygen atoms in total.